The van der Waals surface area contributed by atoms with Crippen molar-refractivity contribution in [1.29, 1.82) is 0 Å². The van der Waals surface area contributed by atoms with Gasteiger partial charge in [-0.05, 0) is 50.5 Å². The van der Waals surface area contributed by atoms with Crippen molar-refractivity contribution in [3.05, 3.63) is 54.2 Å². The zero-order chi connectivity index (χ0) is 19.3. The van der Waals surface area contributed by atoms with Crippen LogP contribution in [0.5, 0.6) is 0 Å². The first-order valence-corrected chi connectivity index (χ1v) is 10.0. The summed E-state index contributed by atoms with van der Waals surface area (Å²) in [5.41, 5.74) is 6.17. The van der Waals surface area contributed by atoms with Gasteiger partial charge in [-0.2, -0.15) is 5.10 Å². The van der Waals surface area contributed by atoms with Crippen molar-refractivity contribution in [2.24, 2.45) is 0 Å². The molecule has 0 aromatic carbocycles. The van der Waals surface area contributed by atoms with Crippen LogP contribution < -0.4 is 5.32 Å². The summed E-state index contributed by atoms with van der Waals surface area (Å²) in [6, 6.07) is 8.73. The van der Waals surface area contributed by atoms with E-state index in [9.17, 15) is 0 Å². The smallest absolute Gasteiger partial charge is 0.0738 e. The van der Waals surface area contributed by atoms with Gasteiger partial charge in [0.05, 0.1) is 29.0 Å². The summed E-state index contributed by atoms with van der Waals surface area (Å²) in [6.07, 6.45) is 9.88. The minimum Gasteiger partial charge on any atom is -0.381 e. The van der Waals surface area contributed by atoms with Gasteiger partial charge >= 0.3 is 0 Å². The monoisotopic (exact) mass is 377 g/mol. The minimum absolute atomic E-state index is 0.465. The lowest BCUT2D eigenvalue weighted by Crippen LogP contribution is -2.28. The third-order valence-corrected chi connectivity index (χ3v) is 5.12. The topological polar surface area (TPSA) is 64.9 Å². The molecule has 1 aliphatic heterocycles. The summed E-state index contributed by atoms with van der Waals surface area (Å²) in [6.45, 7) is 5.87. The van der Waals surface area contributed by atoms with Crippen molar-refractivity contribution in [2.45, 2.75) is 45.6 Å². The summed E-state index contributed by atoms with van der Waals surface area (Å²) in [5, 5.41) is 8.14. The Hall–Kier alpha value is -2.73. The Morgan fingerprint density at radius 1 is 1.21 bits per heavy atom. The lowest BCUT2D eigenvalue weighted by molar-refractivity contribution is 0.0904. The Labute approximate surface area is 166 Å². The summed E-state index contributed by atoms with van der Waals surface area (Å²) in [7, 11) is 0. The average molecular weight is 377 g/mol. The number of ether oxygens (including phenoxy) is 1. The van der Waals surface area contributed by atoms with Crippen LogP contribution in [0.4, 0.5) is 5.69 Å². The molecule has 1 fully saturated rings. The summed E-state index contributed by atoms with van der Waals surface area (Å²) in [5.74, 6) is 0. The fourth-order valence-corrected chi connectivity index (χ4v) is 3.53. The predicted octanol–water partition coefficient (Wildman–Crippen LogP) is 4.18. The first-order valence-electron chi connectivity index (χ1n) is 10.0. The van der Waals surface area contributed by atoms with E-state index in [1.807, 2.05) is 29.3 Å². The van der Waals surface area contributed by atoms with Crippen LogP contribution in [-0.4, -0.2) is 39.0 Å². The molecule has 6 nitrogen and oxygen atoms in total. The first kappa shape index (κ1) is 18.6. The predicted molar refractivity (Wildman–Crippen MR) is 111 cm³/mol. The number of anilines is 1. The van der Waals surface area contributed by atoms with E-state index in [4.69, 9.17) is 9.72 Å². The molecule has 0 aliphatic carbocycles. The highest BCUT2D eigenvalue weighted by molar-refractivity contribution is 5.62. The van der Waals surface area contributed by atoms with Crippen LogP contribution in [0, 0.1) is 6.92 Å². The lowest BCUT2D eigenvalue weighted by atomic mass is 10.1. The molecule has 3 aromatic heterocycles. The number of rotatable bonds is 6. The molecule has 146 valence electrons. The summed E-state index contributed by atoms with van der Waals surface area (Å²) >= 11 is 0. The zero-order valence-corrected chi connectivity index (χ0v) is 16.6. The van der Waals surface area contributed by atoms with Crippen LogP contribution in [-0.2, 0) is 11.2 Å². The Bertz CT molecular complexity index is 930. The van der Waals surface area contributed by atoms with E-state index in [2.05, 4.69) is 47.4 Å². The molecule has 0 bridgehead atoms. The minimum atomic E-state index is 0.465. The molecule has 0 saturated carbocycles. The van der Waals surface area contributed by atoms with Gasteiger partial charge in [0, 0.05) is 42.9 Å². The van der Waals surface area contributed by atoms with Gasteiger partial charge in [-0.1, -0.05) is 13.3 Å². The van der Waals surface area contributed by atoms with Crippen molar-refractivity contribution >= 4 is 5.69 Å². The molecule has 3 aromatic rings. The van der Waals surface area contributed by atoms with E-state index < -0.39 is 0 Å². The zero-order valence-electron chi connectivity index (χ0n) is 16.6. The molecule has 6 heteroatoms. The van der Waals surface area contributed by atoms with E-state index in [1.165, 1.54) is 0 Å². The fourth-order valence-electron chi connectivity index (χ4n) is 3.53. The van der Waals surface area contributed by atoms with Crippen molar-refractivity contribution in [3.8, 4) is 16.9 Å². The lowest BCUT2D eigenvalue weighted by Gasteiger charge is -2.24. The number of nitrogens with zero attached hydrogens (tertiary/aromatic N) is 4. The Morgan fingerprint density at radius 2 is 2.07 bits per heavy atom. The molecule has 0 spiro atoms. The Balaban J connectivity index is 1.52. The van der Waals surface area contributed by atoms with Crippen molar-refractivity contribution in [2.75, 3.05) is 18.5 Å². The van der Waals surface area contributed by atoms with E-state index in [0.717, 1.165) is 72.9 Å². The first-order chi connectivity index (χ1) is 13.7. The third kappa shape index (κ3) is 4.22. The normalized spacial score (nSPS) is 14.9. The van der Waals surface area contributed by atoms with E-state index in [1.54, 1.807) is 0 Å². The quantitative estimate of drug-likeness (QED) is 0.698. The van der Waals surface area contributed by atoms with Gasteiger partial charge in [0.25, 0.3) is 0 Å². The molecular formula is C22H27N5O. The summed E-state index contributed by atoms with van der Waals surface area (Å²) in [4.78, 5) is 9.22. The maximum atomic E-state index is 5.44. The maximum absolute atomic E-state index is 5.44. The van der Waals surface area contributed by atoms with Gasteiger partial charge in [-0.3, -0.25) is 9.97 Å². The number of aryl methyl sites for hydroxylation is 2. The van der Waals surface area contributed by atoms with Gasteiger partial charge < -0.3 is 10.1 Å². The number of hydrogen-bond acceptors (Lipinski definition) is 5. The van der Waals surface area contributed by atoms with Crippen molar-refractivity contribution in [1.82, 2.24) is 19.7 Å². The summed E-state index contributed by atoms with van der Waals surface area (Å²) < 4.78 is 7.33. The SMILES string of the molecule is CCCc1cc(-n2cc(-c3ccc(NC4CCOCC4)c(C)n3)cn2)ccn1. The van der Waals surface area contributed by atoms with Crippen LogP contribution in [0.1, 0.15) is 37.6 Å². The molecule has 0 unspecified atom stereocenters. The van der Waals surface area contributed by atoms with Crippen LogP contribution >= 0.6 is 0 Å². The standard InChI is InChI=1S/C22H27N5O/c1-3-4-19-13-20(7-10-23-19)27-15-17(14-24-27)22-6-5-21(16(2)25-22)26-18-8-11-28-12-9-18/h5-7,10,13-15,18,26H,3-4,8-9,11-12H2,1-2H3. The molecule has 1 saturated heterocycles. The molecular weight excluding hydrogens is 350 g/mol. The Kier molecular flexibility index (Phi) is 5.67. The number of nitrogens with one attached hydrogen (secondary N) is 1. The molecule has 28 heavy (non-hydrogen) atoms. The molecule has 1 aliphatic rings. The van der Waals surface area contributed by atoms with Crippen molar-refractivity contribution < 1.29 is 4.74 Å². The number of aromatic nitrogens is 4. The van der Waals surface area contributed by atoms with E-state index in [-0.39, 0.29) is 0 Å². The number of pyridine rings is 2. The van der Waals surface area contributed by atoms with E-state index in [0.29, 0.717) is 6.04 Å². The fraction of sp³-hybridized carbons (Fsp3) is 0.409. The van der Waals surface area contributed by atoms with Gasteiger partial charge in [-0.25, -0.2) is 4.68 Å². The van der Waals surface area contributed by atoms with Crippen molar-refractivity contribution in [3.63, 3.8) is 0 Å². The van der Waals surface area contributed by atoms with Gasteiger partial charge in [0.15, 0.2) is 0 Å². The van der Waals surface area contributed by atoms with Gasteiger partial charge in [0.2, 0.25) is 0 Å². The highest BCUT2D eigenvalue weighted by Crippen LogP contribution is 2.24. The Morgan fingerprint density at radius 3 is 2.86 bits per heavy atom. The molecule has 1 N–H and O–H groups in total. The van der Waals surface area contributed by atoms with Gasteiger partial charge in [-0.15, -0.1) is 0 Å². The molecule has 4 heterocycles. The maximum Gasteiger partial charge on any atom is 0.0738 e. The van der Waals surface area contributed by atoms with Crippen LogP contribution in [0.25, 0.3) is 16.9 Å². The average Bonchev–Trinajstić information content (AvgIpc) is 3.21. The third-order valence-electron chi connectivity index (χ3n) is 5.12. The second-order valence-electron chi connectivity index (χ2n) is 7.29. The second kappa shape index (κ2) is 8.52. The number of hydrogen-bond donors (Lipinski definition) is 1. The van der Waals surface area contributed by atoms with E-state index >= 15 is 0 Å². The van der Waals surface area contributed by atoms with Crippen LogP contribution in [0.15, 0.2) is 42.9 Å². The van der Waals surface area contributed by atoms with Crippen LogP contribution in [0.2, 0.25) is 0 Å². The second-order valence-corrected chi connectivity index (χ2v) is 7.29. The molecule has 4 rings (SSSR count). The molecule has 0 amide bonds. The van der Waals surface area contributed by atoms with Crippen LogP contribution in [0.3, 0.4) is 0 Å². The largest absolute Gasteiger partial charge is 0.381 e. The van der Waals surface area contributed by atoms with Gasteiger partial charge in [0.1, 0.15) is 0 Å². The molecule has 0 radical (unpaired) electrons. The highest BCUT2D eigenvalue weighted by Gasteiger charge is 2.15. The highest BCUT2D eigenvalue weighted by atomic mass is 16.5. The molecule has 0 atom stereocenters.